The van der Waals surface area contributed by atoms with Crippen molar-refractivity contribution in [3.63, 3.8) is 0 Å². The predicted octanol–water partition coefficient (Wildman–Crippen LogP) is 4.50. The number of amides is 2. The van der Waals surface area contributed by atoms with Gasteiger partial charge in [-0.05, 0) is 42.3 Å². The molecular weight excluding hydrogens is 573 g/mol. The van der Waals surface area contributed by atoms with Gasteiger partial charge in [0.1, 0.15) is 17.3 Å². The molecule has 2 amide bonds. The second-order valence-electron chi connectivity index (χ2n) is 10.7. The molecule has 43 heavy (non-hydrogen) atoms. The van der Waals surface area contributed by atoms with Crippen LogP contribution in [0.4, 0.5) is 15.8 Å². The first kappa shape index (κ1) is 27.0. The van der Waals surface area contributed by atoms with Crippen molar-refractivity contribution in [2.24, 2.45) is 0 Å². The average molecular weight is 600 g/mol. The number of aryl methyl sites for hydroxylation is 1. The number of anilines is 2. The highest BCUT2D eigenvalue weighted by Crippen LogP contribution is 2.36. The summed E-state index contributed by atoms with van der Waals surface area (Å²) in [5.74, 6) is -0.575. The van der Waals surface area contributed by atoms with Crippen LogP contribution in [0.5, 0.6) is 5.75 Å². The number of rotatable bonds is 6. The van der Waals surface area contributed by atoms with E-state index in [0.29, 0.717) is 42.3 Å². The highest BCUT2D eigenvalue weighted by Gasteiger charge is 2.28. The zero-order valence-corrected chi connectivity index (χ0v) is 23.8. The summed E-state index contributed by atoms with van der Waals surface area (Å²) >= 11 is 6.21. The van der Waals surface area contributed by atoms with E-state index in [0.717, 1.165) is 34.4 Å². The van der Waals surface area contributed by atoms with Crippen LogP contribution in [0.15, 0.2) is 66.9 Å². The highest BCUT2D eigenvalue weighted by molar-refractivity contribution is 6.31. The monoisotopic (exact) mass is 599 g/mol. The molecule has 0 radical (unpaired) electrons. The Bertz CT molecular complexity index is 1900. The number of benzene rings is 3. The number of nitrogens with two attached hydrogens (primary N) is 1. The summed E-state index contributed by atoms with van der Waals surface area (Å²) in [6.45, 7) is 1.81. The number of nitrogens with zero attached hydrogens (tertiary/aromatic N) is 6. The lowest BCUT2D eigenvalue weighted by molar-refractivity contribution is -0.132. The van der Waals surface area contributed by atoms with Crippen LogP contribution in [0.1, 0.15) is 23.4 Å². The van der Waals surface area contributed by atoms with Crippen LogP contribution in [-0.2, 0) is 35.6 Å². The van der Waals surface area contributed by atoms with Crippen molar-refractivity contribution in [1.82, 2.24) is 24.5 Å². The lowest BCUT2D eigenvalue weighted by atomic mass is 10.1. The van der Waals surface area contributed by atoms with Gasteiger partial charge in [0.15, 0.2) is 6.61 Å². The molecule has 0 bridgehead atoms. The van der Waals surface area contributed by atoms with Gasteiger partial charge in [0.2, 0.25) is 5.91 Å². The van der Waals surface area contributed by atoms with Gasteiger partial charge in [-0.1, -0.05) is 41.1 Å². The van der Waals surface area contributed by atoms with Crippen molar-refractivity contribution in [2.75, 3.05) is 23.8 Å². The maximum Gasteiger partial charge on any atom is 0.265 e. The molecular formula is C31H27ClFN7O3. The Morgan fingerprint density at radius 2 is 1.93 bits per heavy atom. The average Bonchev–Trinajstić information content (AvgIpc) is 3.62. The molecule has 3 aromatic carbocycles. The van der Waals surface area contributed by atoms with Gasteiger partial charge in [-0.3, -0.25) is 14.5 Å². The van der Waals surface area contributed by atoms with Gasteiger partial charge in [0, 0.05) is 47.2 Å². The minimum atomic E-state index is -0.608. The van der Waals surface area contributed by atoms with Crippen LogP contribution in [0.25, 0.3) is 16.6 Å². The minimum absolute atomic E-state index is 0.0777. The van der Waals surface area contributed by atoms with Crippen LogP contribution < -0.4 is 15.4 Å². The largest absolute Gasteiger partial charge is 0.481 e. The van der Waals surface area contributed by atoms with Crippen LogP contribution >= 0.6 is 11.6 Å². The summed E-state index contributed by atoms with van der Waals surface area (Å²) < 4.78 is 23.2. The van der Waals surface area contributed by atoms with Crippen LogP contribution in [0.2, 0.25) is 5.02 Å². The molecule has 12 heteroatoms. The fourth-order valence-electron chi connectivity index (χ4n) is 5.80. The summed E-state index contributed by atoms with van der Waals surface area (Å²) in [6, 6.07) is 18.3. The molecule has 2 N–H and O–H groups in total. The lowest BCUT2D eigenvalue weighted by Gasteiger charge is -2.29. The van der Waals surface area contributed by atoms with Gasteiger partial charge < -0.3 is 19.9 Å². The number of nitrogen functional groups attached to an aromatic ring is 1. The topological polar surface area (TPSA) is 112 Å². The lowest BCUT2D eigenvalue weighted by Crippen LogP contribution is -2.38. The van der Waals surface area contributed by atoms with E-state index in [1.165, 1.54) is 17.0 Å². The fourth-order valence-corrected chi connectivity index (χ4v) is 5.96. The van der Waals surface area contributed by atoms with Gasteiger partial charge >= 0.3 is 0 Å². The van der Waals surface area contributed by atoms with E-state index >= 15 is 0 Å². The number of hydrogen-bond donors (Lipinski definition) is 1. The standard InChI is InChI=1S/C31H27ClFN7O3/c32-21-7-5-20-11-23-17-37(9-10-38(23)27(20)12-21)30(41)8-6-19-3-1-2-4-26(19)40-16-22(35-36-40)15-39-28-14-25(34)24(33)13-29(28)43-18-31(39)42/h1-5,7,11-14,16H,6,8-10,15,17-18,34H2. The molecule has 2 aliphatic rings. The van der Waals surface area contributed by atoms with E-state index in [1.807, 2.05) is 47.4 Å². The first-order valence-corrected chi connectivity index (χ1v) is 14.3. The number of carbonyl (C=O) groups excluding carboxylic acids is 2. The molecule has 0 aliphatic carbocycles. The highest BCUT2D eigenvalue weighted by atomic mass is 35.5. The Balaban J connectivity index is 1.05. The maximum absolute atomic E-state index is 14.0. The van der Waals surface area contributed by atoms with E-state index in [9.17, 15) is 14.0 Å². The number of ether oxygens (including phenoxy) is 1. The Morgan fingerprint density at radius 3 is 2.81 bits per heavy atom. The molecule has 0 saturated heterocycles. The summed E-state index contributed by atoms with van der Waals surface area (Å²) in [7, 11) is 0. The van der Waals surface area contributed by atoms with E-state index in [1.54, 1.807) is 10.9 Å². The SMILES string of the molecule is Nc1cc2c(cc1F)OCC(=O)N2Cc1cn(-c2ccccc2CCC(=O)N2CCn3c(cc4ccc(Cl)cc43)C2)nn1. The van der Waals surface area contributed by atoms with Crippen molar-refractivity contribution in [3.05, 3.63) is 94.7 Å². The molecule has 7 rings (SSSR count). The molecule has 0 unspecified atom stereocenters. The minimum Gasteiger partial charge on any atom is -0.481 e. The first-order valence-electron chi connectivity index (χ1n) is 13.9. The van der Waals surface area contributed by atoms with Gasteiger partial charge in [0.25, 0.3) is 5.91 Å². The van der Waals surface area contributed by atoms with E-state index < -0.39 is 5.82 Å². The van der Waals surface area contributed by atoms with E-state index in [-0.39, 0.29) is 36.4 Å². The summed E-state index contributed by atoms with van der Waals surface area (Å²) in [4.78, 5) is 29.3. The molecule has 5 aromatic rings. The summed E-state index contributed by atoms with van der Waals surface area (Å²) in [5, 5.41) is 10.4. The first-order chi connectivity index (χ1) is 20.8. The van der Waals surface area contributed by atoms with Crippen molar-refractivity contribution >= 4 is 45.7 Å². The predicted molar refractivity (Wildman–Crippen MR) is 160 cm³/mol. The molecule has 0 fully saturated rings. The van der Waals surface area contributed by atoms with Crippen molar-refractivity contribution in [1.29, 1.82) is 0 Å². The Kier molecular flexibility index (Phi) is 6.73. The molecule has 2 aromatic heterocycles. The fraction of sp³-hybridized carbons (Fsp3) is 0.226. The van der Waals surface area contributed by atoms with E-state index in [2.05, 4.69) is 20.9 Å². The normalized spacial score (nSPS) is 14.5. The number of para-hydroxylation sites is 1. The van der Waals surface area contributed by atoms with Gasteiger partial charge in [0.05, 0.1) is 36.3 Å². The molecule has 0 saturated carbocycles. The maximum atomic E-state index is 14.0. The van der Waals surface area contributed by atoms with Gasteiger partial charge in [-0.25, -0.2) is 9.07 Å². The quantitative estimate of drug-likeness (QED) is 0.288. The molecule has 218 valence electrons. The number of carbonyl (C=O) groups is 2. The third-order valence-electron chi connectivity index (χ3n) is 7.98. The molecule has 0 atom stereocenters. The third-order valence-corrected chi connectivity index (χ3v) is 8.22. The second-order valence-corrected chi connectivity index (χ2v) is 11.1. The number of fused-ring (bicyclic) bond motifs is 4. The smallest absolute Gasteiger partial charge is 0.265 e. The third kappa shape index (κ3) is 5.05. The van der Waals surface area contributed by atoms with Crippen molar-refractivity contribution in [3.8, 4) is 11.4 Å². The number of halogens is 2. The second kappa shape index (κ2) is 10.7. The van der Waals surface area contributed by atoms with Gasteiger partial charge in [-0.2, -0.15) is 0 Å². The van der Waals surface area contributed by atoms with Crippen LogP contribution in [0, 0.1) is 5.82 Å². The number of aromatic nitrogens is 4. The summed E-state index contributed by atoms with van der Waals surface area (Å²) in [5.41, 5.74) is 10.5. The van der Waals surface area contributed by atoms with Crippen molar-refractivity contribution in [2.45, 2.75) is 32.5 Å². The zero-order chi connectivity index (χ0) is 29.7. The zero-order valence-electron chi connectivity index (χ0n) is 23.0. The molecule has 2 aliphatic heterocycles. The number of hydrogen-bond acceptors (Lipinski definition) is 6. The summed E-state index contributed by atoms with van der Waals surface area (Å²) in [6.07, 6.45) is 2.62. The van der Waals surface area contributed by atoms with Crippen LogP contribution in [0.3, 0.4) is 0 Å². The Labute approximate surface area is 251 Å². The van der Waals surface area contributed by atoms with E-state index in [4.69, 9.17) is 22.1 Å². The Morgan fingerprint density at radius 1 is 1.07 bits per heavy atom. The van der Waals surface area contributed by atoms with Gasteiger partial charge in [-0.15, -0.1) is 5.10 Å². The van der Waals surface area contributed by atoms with Crippen molar-refractivity contribution < 1.29 is 18.7 Å². The molecule has 0 spiro atoms. The molecule has 4 heterocycles. The Hall–Kier alpha value is -4.90. The molecule has 10 nitrogen and oxygen atoms in total. The van der Waals surface area contributed by atoms with Crippen LogP contribution in [-0.4, -0.2) is 49.4 Å².